The number of carbonyl (C=O) groups is 2. The van der Waals surface area contributed by atoms with Crippen molar-refractivity contribution in [2.45, 2.75) is 44.9 Å². The summed E-state index contributed by atoms with van der Waals surface area (Å²) in [7, 11) is -2.64. The molecule has 4 atom stereocenters. The molecule has 1 heterocycles. The van der Waals surface area contributed by atoms with Gasteiger partial charge in [0, 0.05) is 21.0 Å². The van der Waals surface area contributed by atoms with E-state index in [1.54, 1.807) is 12.1 Å². The summed E-state index contributed by atoms with van der Waals surface area (Å²) >= 11 is 0. The van der Waals surface area contributed by atoms with Crippen molar-refractivity contribution in [2.24, 2.45) is 0 Å². The molecule has 0 aliphatic carbocycles. The summed E-state index contributed by atoms with van der Waals surface area (Å²) in [5.41, 5.74) is 1.04. The molecule has 0 amide bonds. The maximum absolute atomic E-state index is 11.7. The van der Waals surface area contributed by atoms with E-state index in [0.717, 1.165) is 18.7 Å². The number of aryl methyl sites for hydroxylation is 1. The summed E-state index contributed by atoms with van der Waals surface area (Å²) in [6.45, 7) is 3.54. The van der Waals surface area contributed by atoms with Crippen LogP contribution in [0.1, 0.15) is 19.4 Å². The van der Waals surface area contributed by atoms with E-state index in [0.29, 0.717) is 5.75 Å². The predicted octanol–water partition coefficient (Wildman–Crippen LogP) is 0.955. The first kappa shape index (κ1) is 24.1. The molecular formula is C19H26O10S. The summed E-state index contributed by atoms with van der Waals surface area (Å²) < 4.78 is 55.5. The van der Waals surface area contributed by atoms with Crippen LogP contribution in [0.3, 0.4) is 0 Å². The Hall–Kier alpha value is -2.21. The van der Waals surface area contributed by atoms with Crippen molar-refractivity contribution in [3.63, 3.8) is 0 Å². The highest BCUT2D eigenvalue weighted by Gasteiger charge is 2.60. The molecular weight excluding hydrogens is 420 g/mol. The molecule has 1 aliphatic rings. The van der Waals surface area contributed by atoms with Crippen LogP contribution in [0.25, 0.3) is 0 Å². The molecule has 0 N–H and O–H groups in total. The Kier molecular flexibility index (Phi) is 7.81. The normalized spacial score (nSPS) is 26.2. The van der Waals surface area contributed by atoms with E-state index in [4.69, 9.17) is 27.9 Å². The molecule has 0 radical (unpaired) electrons. The molecule has 0 aromatic heterocycles. The number of hydrogen-bond acceptors (Lipinski definition) is 10. The fourth-order valence-electron chi connectivity index (χ4n) is 2.97. The van der Waals surface area contributed by atoms with Gasteiger partial charge in [-0.3, -0.25) is 13.8 Å². The van der Waals surface area contributed by atoms with Gasteiger partial charge in [-0.1, -0.05) is 17.7 Å². The first-order chi connectivity index (χ1) is 14.0. The molecule has 1 saturated heterocycles. The van der Waals surface area contributed by atoms with Crippen LogP contribution >= 0.6 is 0 Å². The van der Waals surface area contributed by atoms with E-state index in [1.807, 2.05) is 19.1 Å². The number of rotatable bonds is 9. The first-order valence-electron chi connectivity index (χ1n) is 9.07. The molecule has 0 saturated carbocycles. The number of carbonyl (C=O) groups excluding carboxylic acids is 2. The molecule has 0 spiro atoms. The van der Waals surface area contributed by atoms with Crippen LogP contribution in [0.4, 0.5) is 0 Å². The number of hydrogen-bond donors (Lipinski definition) is 0. The van der Waals surface area contributed by atoms with Gasteiger partial charge in [-0.15, -0.1) is 0 Å². The second-order valence-electron chi connectivity index (χ2n) is 6.87. The molecule has 1 aliphatic heterocycles. The molecule has 1 aromatic rings. The van der Waals surface area contributed by atoms with Gasteiger partial charge in [0.1, 0.15) is 25.1 Å². The molecule has 10 nitrogen and oxygen atoms in total. The summed E-state index contributed by atoms with van der Waals surface area (Å²) in [6.07, 6.45) is -2.51. The van der Waals surface area contributed by atoms with Gasteiger partial charge < -0.3 is 23.7 Å². The van der Waals surface area contributed by atoms with Crippen LogP contribution in [0.2, 0.25) is 0 Å². The summed E-state index contributed by atoms with van der Waals surface area (Å²) in [4.78, 5) is 23.4. The molecule has 11 heteroatoms. The van der Waals surface area contributed by atoms with Gasteiger partial charge >= 0.3 is 11.9 Å². The minimum Gasteiger partial charge on any atom is -0.491 e. The zero-order valence-corrected chi connectivity index (χ0v) is 18.3. The average molecular weight is 446 g/mol. The fraction of sp³-hybridized carbons (Fsp3) is 0.579. The summed E-state index contributed by atoms with van der Waals surface area (Å²) in [5, 5.41) is 0. The number of methoxy groups -OCH3 is 1. The van der Waals surface area contributed by atoms with Gasteiger partial charge in [0.2, 0.25) is 5.79 Å². The Morgan fingerprint density at radius 2 is 1.70 bits per heavy atom. The third-order valence-electron chi connectivity index (χ3n) is 4.30. The van der Waals surface area contributed by atoms with E-state index in [2.05, 4.69) is 0 Å². The fourth-order valence-corrected chi connectivity index (χ4v) is 3.35. The molecule has 1 aromatic carbocycles. The molecule has 0 bridgehead atoms. The third kappa shape index (κ3) is 6.39. The lowest BCUT2D eigenvalue weighted by atomic mass is 10.0. The van der Waals surface area contributed by atoms with Gasteiger partial charge in [-0.2, -0.15) is 8.42 Å². The zero-order valence-electron chi connectivity index (χ0n) is 17.4. The standard InChI is InChI=1S/C19H26O10S/c1-12-6-8-15(9-7-12)25-10-16-17(27-13(2)20)18(28-14(3)21)19(24-4,29-16)11-26-30(5,22)23/h6-9,16-18H,10-11H2,1-5H3/t16-,17-,18-,19-/m1/s1. The zero-order chi connectivity index (χ0) is 22.5. The lowest BCUT2D eigenvalue weighted by Crippen LogP contribution is -2.51. The van der Waals surface area contributed by atoms with E-state index in [-0.39, 0.29) is 6.61 Å². The lowest BCUT2D eigenvalue weighted by Gasteiger charge is -2.32. The molecule has 2 rings (SSSR count). The third-order valence-corrected chi connectivity index (χ3v) is 4.85. The minimum atomic E-state index is -3.87. The Morgan fingerprint density at radius 3 is 2.20 bits per heavy atom. The van der Waals surface area contributed by atoms with Gasteiger partial charge in [-0.05, 0) is 19.1 Å². The van der Waals surface area contributed by atoms with E-state index in [9.17, 15) is 18.0 Å². The van der Waals surface area contributed by atoms with Crippen molar-refractivity contribution < 1.29 is 45.9 Å². The maximum atomic E-state index is 11.7. The predicted molar refractivity (Wildman–Crippen MR) is 103 cm³/mol. The highest BCUT2D eigenvalue weighted by atomic mass is 32.2. The van der Waals surface area contributed by atoms with E-state index < -0.39 is 52.8 Å². The van der Waals surface area contributed by atoms with Crippen molar-refractivity contribution in [3.05, 3.63) is 29.8 Å². The summed E-state index contributed by atoms with van der Waals surface area (Å²) in [5.74, 6) is -2.66. The smallest absolute Gasteiger partial charge is 0.303 e. The Balaban J connectivity index is 2.32. The SMILES string of the molecule is CO[C@]1(COS(C)(=O)=O)O[C@H](COc2ccc(C)cc2)[C@@H](OC(C)=O)[C@H]1OC(C)=O. The Bertz CT molecular complexity index is 851. The molecule has 1 fully saturated rings. The van der Waals surface area contributed by atoms with Crippen LogP contribution in [0.5, 0.6) is 5.75 Å². The monoisotopic (exact) mass is 446 g/mol. The van der Waals surface area contributed by atoms with Gasteiger partial charge in [0.25, 0.3) is 10.1 Å². The van der Waals surface area contributed by atoms with Crippen LogP contribution in [0, 0.1) is 6.92 Å². The van der Waals surface area contributed by atoms with Crippen molar-refractivity contribution in [2.75, 3.05) is 26.6 Å². The minimum absolute atomic E-state index is 0.0945. The van der Waals surface area contributed by atoms with Crippen molar-refractivity contribution in [1.82, 2.24) is 0 Å². The maximum Gasteiger partial charge on any atom is 0.303 e. The highest BCUT2D eigenvalue weighted by molar-refractivity contribution is 7.85. The van der Waals surface area contributed by atoms with Gasteiger partial charge in [0.05, 0.1) is 6.26 Å². The van der Waals surface area contributed by atoms with Gasteiger partial charge in [-0.25, -0.2) is 0 Å². The largest absolute Gasteiger partial charge is 0.491 e. The Labute approximate surface area is 175 Å². The Morgan fingerprint density at radius 1 is 1.10 bits per heavy atom. The van der Waals surface area contributed by atoms with E-state index in [1.165, 1.54) is 14.0 Å². The highest BCUT2D eigenvalue weighted by Crippen LogP contribution is 2.37. The molecule has 0 unspecified atom stereocenters. The quantitative estimate of drug-likeness (QED) is 0.400. The molecule has 168 valence electrons. The van der Waals surface area contributed by atoms with Crippen LogP contribution in [-0.2, 0) is 42.8 Å². The van der Waals surface area contributed by atoms with Crippen molar-refractivity contribution in [1.29, 1.82) is 0 Å². The summed E-state index contributed by atoms with van der Waals surface area (Å²) in [6, 6.07) is 7.22. The second-order valence-corrected chi connectivity index (χ2v) is 8.51. The lowest BCUT2D eigenvalue weighted by molar-refractivity contribution is -0.263. The van der Waals surface area contributed by atoms with Crippen molar-refractivity contribution in [3.8, 4) is 5.75 Å². The number of esters is 2. The average Bonchev–Trinajstić information content (AvgIpc) is 2.92. The van der Waals surface area contributed by atoms with E-state index >= 15 is 0 Å². The van der Waals surface area contributed by atoms with Crippen LogP contribution in [-0.4, -0.2) is 71.0 Å². The van der Waals surface area contributed by atoms with Crippen molar-refractivity contribution >= 4 is 22.1 Å². The first-order valence-corrected chi connectivity index (χ1v) is 10.9. The molecule has 30 heavy (non-hydrogen) atoms. The van der Waals surface area contributed by atoms with Crippen LogP contribution in [0.15, 0.2) is 24.3 Å². The number of benzene rings is 1. The van der Waals surface area contributed by atoms with Gasteiger partial charge in [0.15, 0.2) is 12.2 Å². The second kappa shape index (κ2) is 9.73. The topological polar surface area (TPSA) is 124 Å². The van der Waals surface area contributed by atoms with Crippen LogP contribution < -0.4 is 4.74 Å². The number of ether oxygens (including phenoxy) is 5.